The van der Waals surface area contributed by atoms with Crippen LogP contribution in [0.15, 0.2) is 12.3 Å². The van der Waals surface area contributed by atoms with Crippen molar-refractivity contribution in [2.45, 2.75) is 40.2 Å². The van der Waals surface area contributed by atoms with E-state index in [2.05, 4.69) is 25.9 Å². The molecule has 106 valence electrons. The van der Waals surface area contributed by atoms with Crippen molar-refractivity contribution in [3.8, 4) is 0 Å². The minimum atomic E-state index is 0.135. The standard InChI is InChI=1S/C14H24N4O/c1-14(2,3)11-4-7-17(8-5-11)13(19)10-18-9-6-12(15)16-18/h6,9,11H,4-5,7-8,10H2,1-3H3,(H2,15,16). The Kier molecular flexibility index (Phi) is 3.83. The van der Waals surface area contributed by atoms with Crippen LogP contribution in [0.4, 0.5) is 5.82 Å². The molecular weight excluding hydrogens is 240 g/mol. The van der Waals surface area contributed by atoms with Crippen LogP contribution in [-0.4, -0.2) is 33.7 Å². The zero-order valence-corrected chi connectivity index (χ0v) is 12.1. The molecular formula is C14H24N4O. The molecule has 1 aliphatic heterocycles. The molecule has 2 rings (SSSR count). The molecule has 0 aromatic carbocycles. The molecule has 1 saturated heterocycles. The van der Waals surface area contributed by atoms with Crippen LogP contribution in [-0.2, 0) is 11.3 Å². The predicted molar refractivity (Wildman–Crippen MR) is 75.4 cm³/mol. The summed E-state index contributed by atoms with van der Waals surface area (Å²) in [6.45, 7) is 8.84. The fraction of sp³-hybridized carbons (Fsp3) is 0.714. The lowest BCUT2D eigenvalue weighted by atomic mass is 9.75. The Bertz CT molecular complexity index is 439. The van der Waals surface area contributed by atoms with Gasteiger partial charge >= 0.3 is 0 Å². The number of amides is 1. The molecule has 1 aromatic heterocycles. The van der Waals surface area contributed by atoms with Crippen LogP contribution >= 0.6 is 0 Å². The first-order valence-corrected chi connectivity index (χ1v) is 6.93. The highest BCUT2D eigenvalue weighted by Gasteiger charge is 2.30. The van der Waals surface area contributed by atoms with E-state index in [0.717, 1.165) is 25.9 Å². The van der Waals surface area contributed by atoms with E-state index >= 15 is 0 Å². The van der Waals surface area contributed by atoms with Crippen LogP contribution in [0.1, 0.15) is 33.6 Å². The Labute approximate surface area is 114 Å². The monoisotopic (exact) mass is 264 g/mol. The van der Waals surface area contributed by atoms with Crippen molar-refractivity contribution < 1.29 is 4.79 Å². The van der Waals surface area contributed by atoms with Gasteiger partial charge in [-0.25, -0.2) is 0 Å². The average molecular weight is 264 g/mol. The quantitative estimate of drug-likeness (QED) is 0.885. The average Bonchev–Trinajstić information content (AvgIpc) is 2.74. The molecule has 0 radical (unpaired) electrons. The van der Waals surface area contributed by atoms with Crippen molar-refractivity contribution in [1.29, 1.82) is 0 Å². The maximum atomic E-state index is 12.2. The highest BCUT2D eigenvalue weighted by molar-refractivity contribution is 5.76. The summed E-state index contributed by atoms with van der Waals surface area (Å²) in [6, 6.07) is 1.71. The minimum absolute atomic E-state index is 0.135. The lowest BCUT2D eigenvalue weighted by molar-refractivity contribution is -0.134. The van der Waals surface area contributed by atoms with E-state index < -0.39 is 0 Å². The molecule has 1 amide bonds. The number of likely N-dealkylation sites (tertiary alicyclic amines) is 1. The summed E-state index contributed by atoms with van der Waals surface area (Å²) in [5.74, 6) is 1.30. The van der Waals surface area contributed by atoms with Gasteiger partial charge in [-0.2, -0.15) is 5.10 Å². The summed E-state index contributed by atoms with van der Waals surface area (Å²) in [7, 11) is 0. The molecule has 1 fully saturated rings. The first-order valence-electron chi connectivity index (χ1n) is 6.93. The van der Waals surface area contributed by atoms with Gasteiger partial charge in [0.1, 0.15) is 12.4 Å². The fourth-order valence-electron chi connectivity index (χ4n) is 2.70. The molecule has 2 N–H and O–H groups in total. The van der Waals surface area contributed by atoms with Crippen molar-refractivity contribution in [3.63, 3.8) is 0 Å². The third-order valence-corrected chi connectivity index (χ3v) is 4.03. The van der Waals surface area contributed by atoms with Gasteiger partial charge in [-0.15, -0.1) is 0 Å². The number of carbonyl (C=O) groups excluding carboxylic acids is 1. The number of carbonyl (C=O) groups is 1. The Morgan fingerprint density at radius 2 is 2.05 bits per heavy atom. The summed E-state index contributed by atoms with van der Waals surface area (Å²) < 4.78 is 1.60. The van der Waals surface area contributed by atoms with Crippen molar-refractivity contribution in [2.75, 3.05) is 18.8 Å². The van der Waals surface area contributed by atoms with Crippen LogP contribution in [0.25, 0.3) is 0 Å². The third-order valence-electron chi connectivity index (χ3n) is 4.03. The largest absolute Gasteiger partial charge is 0.382 e. The molecule has 0 spiro atoms. The highest BCUT2D eigenvalue weighted by Crippen LogP contribution is 2.34. The van der Waals surface area contributed by atoms with Crippen LogP contribution in [0.3, 0.4) is 0 Å². The van der Waals surface area contributed by atoms with Gasteiger partial charge < -0.3 is 10.6 Å². The maximum Gasteiger partial charge on any atom is 0.244 e. The Morgan fingerprint density at radius 1 is 1.42 bits per heavy atom. The summed E-state index contributed by atoms with van der Waals surface area (Å²) >= 11 is 0. The van der Waals surface area contributed by atoms with E-state index in [1.165, 1.54) is 0 Å². The summed E-state index contributed by atoms with van der Waals surface area (Å²) in [6.07, 6.45) is 3.93. The Morgan fingerprint density at radius 3 is 2.53 bits per heavy atom. The van der Waals surface area contributed by atoms with Crippen LogP contribution in [0.2, 0.25) is 0 Å². The molecule has 0 bridgehead atoms. The highest BCUT2D eigenvalue weighted by atomic mass is 16.2. The normalized spacial score (nSPS) is 17.7. The fourth-order valence-corrected chi connectivity index (χ4v) is 2.70. The first kappa shape index (κ1) is 13.9. The zero-order valence-electron chi connectivity index (χ0n) is 12.1. The van der Waals surface area contributed by atoms with E-state index in [4.69, 9.17) is 5.73 Å². The zero-order chi connectivity index (χ0) is 14.0. The number of aromatic nitrogens is 2. The summed E-state index contributed by atoms with van der Waals surface area (Å²) in [4.78, 5) is 14.1. The van der Waals surface area contributed by atoms with Crippen molar-refractivity contribution in [3.05, 3.63) is 12.3 Å². The molecule has 5 heteroatoms. The number of nitrogens with zero attached hydrogens (tertiary/aromatic N) is 3. The van der Waals surface area contributed by atoms with Gasteiger partial charge in [0, 0.05) is 19.3 Å². The smallest absolute Gasteiger partial charge is 0.244 e. The second kappa shape index (κ2) is 5.23. The van der Waals surface area contributed by atoms with Gasteiger partial charge in [0.05, 0.1) is 0 Å². The number of anilines is 1. The van der Waals surface area contributed by atoms with Gasteiger partial charge in [-0.05, 0) is 30.2 Å². The van der Waals surface area contributed by atoms with E-state index in [-0.39, 0.29) is 12.5 Å². The van der Waals surface area contributed by atoms with E-state index in [1.807, 2.05) is 4.90 Å². The van der Waals surface area contributed by atoms with Gasteiger partial charge in [0.15, 0.2) is 0 Å². The molecule has 0 unspecified atom stereocenters. The molecule has 5 nitrogen and oxygen atoms in total. The summed E-state index contributed by atoms with van der Waals surface area (Å²) in [5, 5.41) is 4.05. The molecule has 0 saturated carbocycles. The van der Waals surface area contributed by atoms with E-state index in [0.29, 0.717) is 17.2 Å². The topological polar surface area (TPSA) is 64.2 Å². The van der Waals surface area contributed by atoms with E-state index in [9.17, 15) is 4.79 Å². The van der Waals surface area contributed by atoms with E-state index in [1.54, 1.807) is 16.9 Å². The van der Waals surface area contributed by atoms with Crippen molar-refractivity contribution in [2.24, 2.45) is 11.3 Å². The van der Waals surface area contributed by atoms with Gasteiger partial charge in [-0.3, -0.25) is 9.48 Å². The minimum Gasteiger partial charge on any atom is -0.382 e. The predicted octanol–water partition coefficient (Wildman–Crippen LogP) is 1.75. The van der Waals surface area contributed by atoms with Crippen LogP contribution in [0, 0.1) is 11.3 Å². The van der Waals surface area contributed by atoms with Crippen LogP contribution < -0.4 is 5.73 Å². The second-order valence-corrected chi connectivity index (χ2v) is 6.46. The summed E-state index contributed by atoms with van der Waals surface area (Å²) in [5.41, 5.74) is 5.88. The van der Waals surface area contributed by atoms with Gasteiger partial charge in [0.2, 0.25) is 5.91 Å². The maximum absolute atomic E-state index is 12.2. The molecule has 0 atom stereocenters. The Balaban J connectivity index is 1.86. The van der Waals surface area contributed by atoms with Gasteiger partial charge in [0.25, 0.3) is 0 Å². The van der Waals surface area contributed by atoms with Crippen LogP contribution in [0.5, 0.6) is 0 Å². The number of piperidine rings is 1. The molecule has 2 heterocycles. The number of nitrogen functional groups attached to an aromatic ring is 1. The third kappa shape index (κ3) is 3.49. The molecule has 0 aliphatic carbocycles. The second-order valence-electron chi connectivity index (χ2n) is 6.46. The molecule has 1 aliphatic rings. The molecule has 1 aromatic rings. The first-order chi connectivity index (χ1) is 8.86. The number of rotatable bonds is 2. The van der Waals surface area contributed by atoms with Gasteiger partial charge in [-0.1, -0.05) is 20.8 Å². The lowest BCUT2D eigenvalue weighted by Crippen LogP contribution is -2.42. The molecule has 19 heavy (non-hydrogen) atoms. The van der Waals surface area contributed by atoms with Crippen molar-refractivity contribution >= 4 is 11.7 Å². The number of hydrogen-bond donors (Lipinski definition) is 1. The Hall–Kier alpha value is -1.52. The number of hydrogen-bond acceptors (Lipinski definition) is 3. The lowest BCUT2D eigenvalue weighted by Gasteiger charge is -2.38. The SMILES string of the molecule is CC(C)(C)C1CCN(C(=O)Cn2ccc(N)n2)CC1. The van der Waals surface area contributed by atoms with Crippen molar-refractivity contribution in [1.82, 2.24) is 14.7 Å². The number of nitrogens with two attached hydrogens (primary N) is 1.